The van der Waals surface area contributed by atoms with Gasteiger partial charge in [-0.05, 0) is 221 Å². The molecule has 110 heavy (non-hydrogen) atoms. The number of rotatable bonds is 12. The third-order valence-corrected chi connectivity index (χ3v) is 22.9. The van der Waals surface area contributed by atoms with Gasteiger partial charge in [0, 0.05) is 78.4 Å². The lowest BCUT2D eigenvalue weighted by atomic mass is 9.33. The number of hydrogen-bond acceptors (Lipinski definition) is 3. The summed E-state index contributed by atoms with van der Waals surface area (Å²) in [6.07, 6.45) is 0. The molecule has 524 valence electrons. The van der Waals surface area contributed by atoms with Gasteiger partial charge >= 0.3 is 0 Å². The molecule has 0 radical (unpaired) electrons. The van der Waals surface area contributed by atoms with Gasteiger partial charge in [-0.2, -0.15) is 0 Å². The lowest BCUT2D eigenvalue weighted by molar-refractivity contribution is 0.569. The first-order valence-electron chi connectivity index (χ1n) is 38.5. The van der Waals surface area contributed by atoms with Crippen LogP contribution in [0.25, 0.3) is 111 Å². The molecule has 0 spiro atoms. The van der Waals surface area contributed by atoms with Crippen molar-refractivity contribution in [1.29, 1.82) is 0 Å². The van der Waals surface area contributed by atoms with Crippen LogP contribution in [0.5, 0.6) is 0 Å². The maximum absolute atomic E-state index is 2.65. The Labute approximate surface area is 644 Å². The summed E-state index contributed by atoms with van der Waals surface area (Å²) >= 11 is 0. The van der Waals surface area contributed by atoms with E-state index in [1.807, 2.05) is 0 Å². The van der Waals surface area contributed by atoms with Crippen molar-refractivity contribution in [2.45, 2.75) is 52.4 Å². The summed E-state index contributed by atoms with van der Waals surface area (Å²) in [6, 6.07) is 141. The molecule has 0 unspecified atom stereocenters. The number of hydrogen-bond donors (Lipinski definition) is 0. The third kappa shape index (κ3) is 11.3. The zero-order chi connectivity index (χ0) is 73.9. The quantitative estimate of drug-likeness (QED) is 0.114. The minimum absolute atomic E-state index is 0.104. The van der Waals surface area contributed by atoms with E-state index in [-0.39, 0.29) is 17.5 Å². The number of benzene rings is 16. The van der Waals surface area contributed by atoms with Crippen LogP contribution in [0.3, 0.4) is 0 Å². The molecule has 2 aliphatic rings. The molecule has 0 saturated carbocycles. The number of para-hydroxylation sites is 5. The summed E-state index contributed by atoms with van der Waals surface area (Å²) in [6.45, 7) is 13.8. The van der Waals surface area contributed by atoms with E-state index in [0.29, 0.717) is 0 Å². The molecule has 2 aromatic heterocycles. The fourth-order valence-corrected chi connectivity index (χ4v) is 17.5. The zero-order valence-corrected chi connectivity index (χ0v) is 62.6. The van der Waals surface area contributed by atoms with Gasteiger partial charge in [-0.3, -0.25) is 0 Å². The van der Waals surface area contributed by atoms with Crippen molar-refractivity contribution in [2.24, 2.45) is 0 Å². The monoisotopic (exact) mass is 1410 g/mol. The molecule has 0 bridgehead atoms. The fraction of sp³-hybridized carbons (Fsp3) is 0.0769. The lowest BCUT2D eigenvalue weighted by Gasteiger charge is -2.45. The molecule has 4 heterocycles. The lowest BCUT2D eigenvalue weighted by Crippen LogP contribution is -2.61. The van der Waals surface area contributed by atoms with Gasteiger partial charge in [-0.25, -0.2) is 0 Å². The summed E-state index contributed by atoms with van der Waals surface area (Å²) < 4.78 is 5.04. The molecule has 0 N–H and O–H groups in total. The van der Waals surface area contributed by atoms with E-state index in [1.165, 1.54) is 60.2 Å². The predicted octanol–water partition coefficient (Wildman–Crippen LogP) is 26.4. The topological polar surface area (TPSA) is 19.6 Å². The maximum atomic E-state index is 2.65. The van der Waals surface area contributed by atoms with Gasteiger partial charge in [0.2, 0.25) is 0 Å². The molecule has 0 aliphatic carbocycles. The number of aromatic nitrogens is 2. The molecular formula is C104H80BN5. The Morgan fingerprint density at radius 3 is 1.02 bits per heavy atom. The molecule has 20 rings (SSSR count). The Bertz CT molecular complexity index is 6370. The second kappa shape index (κ2) is 26.2. The van der Waals surface area contributed by atoms with Gasteiger partial charge in [0.05, 0.1) is 27.8 Å². The first-order chi connectivity index (χ1) is 53.8. The second-order valence-corrected chi connectivity index (χ2v) is 31.7. The highest BCUT2D eigenvalue weighted by Crippen LogP contribution is 2.51. The van der Waals surface area contributed by atoms with Crippen LogP contribution in [-0.2, 0) is 10.8 Å². The van der Waals surface area contributed by atoms with E-state index in [0.717, 1.165) is 129 Å². The van der Waals surface area contributed by atoms with Crippen LogP contribution in [0.2, 0.25) is 0 Å². The highest BCUT2D eigenvalue weighted by atomic mass is 15.2. The van der Waals surface area contributed by atoms with Crippen molar-refractivity contribution < 1.29 is 0 Å². The summed E-state index contributed by atoms with van der Waals surface area (Å²) in [5, 5.41) is 4.76. The summed E-state index contributed by atoms with van der Waals surface area (Å²) in [4.78, 5) is 7.67. The van der Waals surface area contributed by atoms with Crippen LogP contribution in [-0.4, -0.2) is 15.8 Å². The van der Waals surface area contributed by atoms with Gasteiger partial charge in [0.15, 0.2) is 0 Å². The van der Waals surface area contributed by atoms with Crippen LogP contribution in [0.15, 0.2) is 376 Å². The summed E-state index contributed by atoms with van der Waals surface area (Å²) in [5.41, 5.74) is 34.1. The van der Waals surface area contributed by atoms with Crippen LogP contribution >= 0.6 is 0 Å². The standard InChI is InChI=1S/C104H80BN5/c1-103(2,3)79-57-78(58-80(64-79)104(4,5)6)73-49-52-92-98(63-73)109(85-59-74(69-31-13-7-14-32-69)55-75(60-85)70-33-15-8-16-34-70)100-67-87(108-94-46-28-25-43-88(94)89-44-26-29-47-95(89)108)68-101-102(100)105(92)93-53-50-84(66-99(93)110(101)86-61-76(71-35-17-9-18-36-71)56-77(62-86)72-37-19-10-20-38-72)107-96-48-30-27-45-90(96)91-65-83(51-54-97(91)107)106(81-39-21-11-22-40-81)82-41-23-12-24-42-82/h7-68H,1-6H3. The molecule has 18 aromatic rings. The predicted molar refractivity (Wildman–Crippen MR) is 468 cm³/mol. The van der Waals surface area contributed by atoms with Crippen molar-refractivity contribution in [3.8, 4) is 67.0 Å². The second-order valence-electron chi connectivity index (χ2n) is 31.7. The highest BCUT2D eigenvalue weighted by Gasteiger charge is 2.45. The van der Waals surface area contributed by atoms with Crippen molar-refractivity contribution in [1.82, 2.24) is 9.13 Å². The molecule has 0 saturated heterocycles. The summed E-state index contributed by atoms with van der Waals surface area (Å²) in [7, 11) is 0. The minimum atomic E-state index is -0.252. The molecule has 2 aliphatic heterocycles. The fourth-order valence-electron chi connectivity index (χ4n) is 17.5. The smallest absolute Gasteiger partial charge is 0.252 e. The Morgan fingerprint density at radius 2 is 0.582 bits per heavy atom. The zero-order valence-electron chi connectivity index (χ0n) is 62.6. The van der Waals surface area contributed by atoms with E-state index in [2.05, 4.69) is 441 Å². The maximum Gasteiger partial charge on any atom is 0.252 e. The van der Waals surface area contributed by atoms with Crippen LogP contribution in [0.4, 0.5) is 51.2 Å². The Kier molecular flexibility index (Phi) is 15.7. The average Bonchev–Trinajstić information content (AvgIpc) is 0.720. The van der Waals surface area contributed by atoms with Gasteiger partial charge < -0.3 is 23.8 Å². The van der Waals surface area contributed by atoms with Gasteiger partial charge in [0.25, 0.3) is 6.71 Å². The molecule has 0 amide bonds. The molecule has 6 heteroatoms. The minimum Gasteiger partial charge on any atom is -0.311 e. The van der Waals surface area contributed by atoms with Crippen LogP contribution in [0.1, 0.15) is 52.7 Å². The first-order valence-corrected chi connectivity index (χ1v) is 38.5. The largest absolute Gasteiger partial charge is 0.311 e. The van der Waals surface area contributed by atoms with Crippen LogP contribution < -0.4 is 31.1 Å². The van der Waals surface area contributed by atoms with Crippen molar-refractivity contribution in [3.05, 3.63) is 387 Å². The molecule has 5 nitrogen and oxygen atoms in total. The molecule has 16 aromatic carbocycles. The van der Waals surface area contributed by atoms with E-state index in [4.69, 9.17) is 0 Å². The molecule has 0 atom stereocenters. The van der Waals surface area contributed by atoms with E-state index in [9.17, 15) is 0 Å². The Hall–Kier alpha value is -13.4. The molecule has 0 fully saturated rings. The van der Waals surface area contributed by atoms with E-state index < -0.39 is 0 Å². The van der Waals surface area contributed by atoms with Gasteiger partial charge in [-0.15, -0.1) is 0 Å². The van der Waals surface area contributed by atoms with Gasteiger partial charge in [-0.1, -0.05) is 290 Å². The van der Waals surface area contributed by atoms with Gasteiger partial charge in [0.1, 0.15) is 0 Å². The van der Waals surface area contributed by atoms with E-state index >= 15 is 0 Å². The van der Waals surface area contributed by atoms with E-state index in [1.54, 1.807) is 0 Å². The molecular weight excluding hydrogens is 1330 g/mol. The van der Waals surface area contributed by atoms with Crippen molar-refractivity contribution in [2.75, 3.05) is 14.7 Å². The third-order valence-electron chi connectivity index (χ3n) is 22.9. The first kappa shape index (κ1) is 66.1. The normalized spacial score (nSPS) is 12.6. The number of anilines is 9. The Balaban J connectivity index is 0.920. The van der Waals surface area contributed by atoms with Crippen LogP contribution in [0, 0.1) is 0 Å². The average molecular weight is 1410 g/mol. The SMILES string of the molecule is CC(C)(C)c1cc(-c2ccc3c(c2)N(c2cc(-c4ccccc4)cc(-c4ccccc4)c2)c2cc(-n4c5ccccc5c5ccccc54)cc4c2B3c2ccc(-n3c5ccccc5c5cc(N(c6ccccc6)c6ccccc6)ccc53)cc2N4c2cc(-c3ccccc3)cc(-c3ccccc3)c2)cc(C(C)(C)C)c1. The van der Waals surface area contributed by atoms with Crippen molar-refractivity contribution in [3.63, 3.8) is 0 Å². The summed E-state index contributed by atoms with van der Waals surface area (Å²) in [5.74, 6) is 0. The highest BCUT2D eigenvalue weighted by molar-refractivity contribution is 7.00. The number of fused-ring (bicyclic) bond motifs is 10. The Morgan fingerprint density at radius 1 is 0.227 bits per heavy atom. The number of nitrogens with zero attached hydrogens (tertiary/aromatic N) is 5. The van der Waals surface area contributed by atoms with Crippen molar-refractivity contribution >= 4 is 118 Å².